The third kappa shape index (κ3) is 3.91. The van der Waals surface area contributed by atoms with Gasteiger partial charge in [-0.1, -0.05) is 17.3 Å². The zero-order chi connectivity index (χ0) is 18.5. The molecule has 1 unspecified atom stereocenters. The van der Waals surface area contributed by atoms with Crippen molar-refractivity contribution in [2.45, 2.75) is 33.4 Å². The van der Waals surface area contributed by atoms with E-state index in [2.05, 4.69) is 15.5 Å². The van der Waals surface area contributed by atoms with Crippen LogP contribution in [0, 0.1) is 13.8 Å². The second-order valence-corrected chi connectivity index (χ2v) is 6.06. The van der Waals surface area contributed by atoms with Gasteiger partial charge in [0.1, 0.15) is 18.1 Å². The highest BCUT2D eigenvalue weighted by Gasteiger charge is 2.17. The molecule has 26 heavy (non-hydrogen) atoms. The Morgan fingerprint density at radius 3 is 2.62 bits per heavy atom. The molecule has 6 heteroatoms. The molecule has 6 nitrogen and oxygen atoms in total. The van der Waals surface area contributed by atoms with Crippen LogP contribution in [0.5, 0.6) is 5.75 Å². The molecule has 0 saturated heterocycles. The average molecular weight is 351 g/mol. The fraction of sp³-hybridized carbons (Fsp3) is 0.250. The minimum Gasteiger partial charge on any atom is -0.488 e. The molecule has 0 bridgehead atoms. The first kappa shape index (κ1) is 17.7. The molecule has 2 aromatic heterocycles. The van der Waals surface area contributed by atoms with Crippen LogP contribution in [0.2, 0.25) is 0 Å². The molecule has 3 aromatic rings. The van der Waals surface area contributed by atoms with Gasteiger partial charge in [-0.25, -0.2) is 0 Å². The topological polar surface area (TPSA) is 77.2 Å². The maximum atomic E-state index is 12.7. The first-order valence-electron chi connectivity index (χ1n) is 8.40. The van der Waals surface area contributed by atoms with E-state index < -0.39 is 0 Å². The van der Waals surface area contributed by atoms with Crippen LogP contribution in [0.4, 0.5) is 0 Å². The van der Waals surface area contributed by atoms with E-state index in [9.17, 15) is 4.79 Å². The lowest BCUT2D eigenvalue weighted by Gasteiger charge is -2.16. The van der Waals surface area contributed by atoms with Crippen LogP contribution in [-0.2, 0) is 6.61 Å². The lowest BCUT2D eigenvalue weighted by molar-refractivity contribution is 0.0935. The number of rotatable bonds is 6. The predicted molar refractivity (Wildman–Crippen MR) is 96.9 cm³/mol. The molecular weight excluding hydrogens is 330 g/mol. The number of nitrogens with zero attached hydrogens (tertiary/aromatic N) is 2. The molecule has 0 aliphatic rings. The molecule has 0 radical (unpaired) electrons. The molecule has 0 aliphatic heterocycles. The van der Waals surface area contributed by atoms with Crippen molar-refractivity contribution in [1.82, 2.24) is 15.5 Å². The van der Waals surface area contributed by atoms with Crippen molar-refractivity contribution in [3.05, 3.63) is 76.9 Å². The van der Waals surface area contributed by atoms with Crippen LogP contribution in [0.3, 0.4) is 0 Å². The molecule has 1 amide bonds. The summed E-state index contributed by atoms with van der Waals surface area (Å²) in [4.78, 5) is 16.7. The number of benzene rings is 1. The van der Waals surface area contributed by atoms with E-state index in [0.29, 0.717) is 17.9 Å². The second-order valence-electron chi connectivity index (χ2n) is 6.06. The highest BCUT2D eigenvalue weighted by Crippen LogP contribution is 2.22. The van der Waals surface area contributed by atoms with Gasteiger partial charge in [0.25, 0.3) is 5.91 Å². The number of aromatic nitrogens is 2. The maximum absolute atomic E-state index is 12.7. The number of carbonyl (C=O) groups is 1. The van der Waals surface area contributed by atoms with Crippen molar-refractivity contribution in [3.63, 3.8) is 0 Å². The Hall–Kier alpha value is -3.15. The molecule has 2 heterocycles. The Balaban J connectivity index is 1.73. The van der Waals surface area contributed by atoms with Crippen molar-refractivity contribution in [1.29, 1.82) is 0 Å². The van der Waals surface area contributed by atoms with Crippen molar-refractivity contribution in [2.24, 2.45) is 0 Å². The molecule has 134 valence electrons. The summed E-state index contributed by atoms with van der Waals surface area (Å²) < 4.78 is 11.0. The average Bonchev–Trinajstić information content (AvgIpc) is 2.98. The summed E-state index contributed by atoms with van der Waals surface area (Å²) in [6.07, 6.45) is 3.41. The lowest BCUT2D eigenvalue weighted by atomic mass is 10.1. The van der Waals surface area contributed by atoms with Crippen LogP contribution in [0.25, 0.3) is 0 Å². The molecule has 0 spiro atoms. The summed E-state index contributed by atoms with van der Waals surface area (Å²) in [6.45, 7) is 5.93. The largest absolute Gasteiger partial charge is 0.488 e. The Morgan fingerprint density at radius 1 is 1.19 bits per heavy atom. The number of para-hydroxylation sites is 1. The quantitative estimate of drug-likeness (QED) is 0.732. The normalized spacial score (nSPS) is 11.8. The Morgan fingerprint density at radius 2 is 1.92 bits per heavy atom. The van der Waals surface area contributed by atoms with Crippen LogP contribution >= 0.6 is 0 Å². The minimum absolute atomic E-state index is 0.138. The Bertz CT molecular complexity index is 871. The van der Waals surface area contributed by atoms with Gasteiger partial charge in [-0.15, -0.1) is 0 Å². The number of hydrogen-bond acceptors (Lipinski definition) is 5. The zero-order valence-corrected chi connectivity index (χ0v) is 15.0. The molecule has 3 rings (SSSR count). The Kier molecular flexibility index (Phi) is 5.31. The van der Waals surface area contributed by atoms with Crippen LogP contribution < -0.4 is 10.1 Å². The van der Waals surface area contributed by atoms with Crippen molar-refractivity contribution in [3.8, 4) is 5.75 Å². The number of nitrogens with one attached hydrogen (secondary N) is 1. The zero-order valence-electron chi connectivity index (χ0n) is 15.0. The number of hydrogen-bond donors (Lipinski definition) is 1. The molecule has 0 fully saturated rings. The third-order valence-corrected chi connectivity index (χ3v) is 4.24. The fourth-order valence-corrected chi connectivity index (χ4v) is 2.65. The molecule has 0 saturated carbocycles. The van der Waals surface area contributed by atoms with E-state index in [1.807, 2.05) is 45.0 Å². The summed E-state index contributed by atoms with van der Waals surface area (Å²) in [5.41, 5.74) is 3.16. The van der Waals surface area contributed by atoms with Crippen LogP contribution in [-0.4, -0.2) is 16.0 Å². The van der Waals surface area contributed by atoms with Gasteiger partial charge in [0, 0.05) is 12.4 Å². The van der Waals surface area contributed by atoms with E-state index in [1.54, 1.807) is 24.5 Å². The fourth-order valence-electron chi connectivity index (χ4n) is 2.65. The lowest BCUT2D eigenvalue weighted by Crippen LogP contribution is -2.27. The van der Waals surface area contributed by atoms with Crippen molar-refractivity contribution >= 4 is 5.91 Å². The third-order valence-electron chi connectivity index (χ3n) is 4.24. The number of aryl methyl sites for hydroxylation is 2. The van der Waals surface area contributed by atoms with Gasteiger partial charge < -0.3 is 14.6 Å². The van der Waals surface area contributed by atoms with Crippen LogP contribution in [0.1, 0.15) is 45.9 Å². The van der Waals surface area contributed by atoms with E-state index in [1.165, 1.54) is 0 Å². The van der Waals surface area contributed by atoms with E-state index in [-0.39, 0.29) is 11.9 Å². The van der Waals surface area contributed by atoms with Crippen molar-refractivity contribution < 1.29 is 14.1 Å². The van der Waals surface area contributed by atoms with Gasteiger partial charge in [0.05, 0.1) is 22.9 Å². The van der Waals surface area contributed by atoms with E-state index >= 15 is 0 Å². The second kappa shape index (κ2) is 7.82. The van der Waals surface area contributed by atoms with Gasteiger partial charge in [0.2, 0.25) is 0 Å². The number of carbonyl (C=O) groups excluding carboxylic acids is 1. The van der Waals surface area contributed by atoms with Gasteiger partial charge in [-0.2, -0.15) is 0 Å². The molecule has 1 atom stereocenters. The molecule has 1 N–H and O–H groups in total. The summed E-state index contributed by atoms with van der Waals surface area (Å²) in [5.74, 6) is 1.05. The highest BCUT2D eigenvalue weighted by molar-refractivity contribution is 5.97. The SMILES string of the molecule is Cc1noc(C)c1COc1ccccc1C(=O)NC(C)c1ccncc1. The van der Waals surface area contributed by atoms with Gasteiger partial charge in [-0.05, 0) is 50.6 Å². The Labute approximate surface area is 152 Å². The smallest absolute Gasteiger partial charge is 0.255 e. The van der Waals surface area contributed by atoms with Gasteiger partial charge in [-0.3, -0.25) is 9.78 Å². The van der Waals surface area contributed by atoms with Gasteiger partial charge >= 0.3 is 0 Å². The van der Waals surface area contributed by atoms with Crippen molar-refractivity contribution in [2.75, 3.05) is 0 Å². The van der Waals surface area contributed by atoms with E-state index in [0.717, 1.165) is 22.6 Å². The number of amides is 1. The first-order chi connectivity index (χ1) is 12.6. The first-order valence-corrected chi connectivity index (χ1v) is 8.40. The monoisotopic (exact) mass is 351 g/mol. The molecule has 0 aliphatic carbocycles. The van der Waals surface area contributed by atoms with Gasteiger partial charge in [0.15, 0.2) is 0 Å². The number of ether oxygens (including phenoxy) is 1. The summed E-state index contributed by atoms with van der Waals surface area (Å²) in [6, 6.07) is 10.8. The number of pyridine rings is 1. The summed E-state index contributed by atoms with van der Waals surface area (Å²) in [7, 11) is 0. The standard InChI is InChI=1S/C20H21N3O3/c1-13(16-8-10-21-11-9-16)22-20(24)17-6-4-5-7-19(17)25-12-18-14(2)23-26-15(18)3/h4-11,13H,12H2,1-3H3,(H,22,24). The minimum atomic E-state index is -0.191. The van der Waals surface area contributed by atoms with Crippen LogP contribution in [0.15, 0.2) is 53.3 Å². The highest BCUT2D eigenvalue weighted by atomic mass is 16.5. The summed E-state index contributed by atoms with van der Waals surface area (Å²) in [5, 5.41) is 6.91. The summed E-state index contributed by atoms with van der Waals surface area (Å²) >= 11 is 0. The predicted octanol–water partition coefficient (Wildman–Crippen LogP) is 3.76. The molecular formula is C20H21N3O3. The van der Waals surface area contributed by atoms with E-state index in [4.69, 9.17) is 9.26 Å². The maximum Gasteiger partial charge on any atom is 0.255 e. The molecule has 1 aromatic carbocycles.